The van der Waals surface area contributed by atoms with Gasteiger partial charge >= 0.3 is 165 Å². The van der Waals surface area contributed by atoms with Crippen LogP contribution in [0, 0.1) is 5.92 Å². The molecule has 2 unspecified atom stereocenters. The summed E-state index contributed by atoms with van der Waals surface area (Å²) >= 11 is -0.0312. The number of fused-ring (bicyclic) bond motifs is 1. The summed E-state index contributed by atoms with van der Waals surface area (Å²) in [5.74, 6) is 0.673. The van der Waals surface area contributed by atoms with E-state index in [9.17, 15) is 0 Å². The first-order chi connectivity index (χ1) is 13.1. The van der Waals surface area contributed by atoms with Crippen molar-refractivity contribution < 1.29 is 4.74 Å². The van der Waals surface area contributed by atoms with Gasteiger partial charge in [0.25, 0.3) is 0 Å². The van der Waals surface area contributed by atoms with E-state index in [1.54, 1.807) is 23.8 Å². The summed E-state index contributed by atoms with van der Waals surface area (Å²) in [6.07, 6.45) is 11.4. The van der Waals surface area contributed by atoms with Gasteiger partial charge in [0.2, 0.25) is 0 Å². The molecule has 1 aromatic rings. The van der Waals surface area contributed by atoms with Gasteiger partial charge < -0.3 is 0 Å². The number of ether oxygens (including phenoxy) is 1. The Morgan fingerprint density at radius 1 is 1.00 bits per heavy atom. The van der Waals surface area contributed by atoms with E-state index in [0.717, 1.165) is 0 Å². The second-order valence-corrected chi connectivity index (χ2v) is 23.6. The molecule has 0 amide bonds. The number of thiophene rings is 1. The third kappa shape index (κ3) is 6.74. The number of hydrogen-bond acceptors (Lipinski definition) is 2. The fourth-order valence-electron chi connectivity index (χ4n) is 4.61. The average molecular weight is 501 g/mol. The van der Waals surface area contributed by atoms with Crippen LogP contribution in [0.5, 0.6) is 0 Å². The molecular weight excluding hydrogens is 455 g/mol. The molecule has 0 fully saturated rings. The molecule has 1 aromatic heterocycles. The Bertz CT molecular complexity index is 489. The molecule has 0 bridgehead atoms. The number of unbranched alkanes of at least 4 members (excludes halogenated alkanes) is 3. The van der Waals surface area contributed by atoms with Crippen LogP contribution in [0.3, 0.4) is 0 Å². The molecule has 0 aromatic carbocycles. The van der Waals surface area contributed by atoms with Gasteiger partial charge in [-0.15, -0.1) is 0 Å². The van der Waals surface area contributed by atoms with E-state index in [-0.39, 0.29) is 0 Å². The molecular formula is C24H46OSSn. The van der Waals surface area contributed by atoms with Gasteiger partial charge in [0.1, 0.15) is 0 Å². The summed E-state index contributed by atoms with van der Waals surface area (Å²) in [7, 11) is 1.91. The van der Waals surface area contributed by atoms with Crippen molar-refractivity contribution >= 4 is 32.6 Å². The van der Waals surface area contributed by atoms with Crippen molar-refractivity contribution in [3.05, 3.63) is 16.5 Å². The molecule has 158 valence electrons. The van der Waals surface area contributed by atoms with Crippen LogP contribution < -0.4 is 2.89 Å². The molecule has 0 N–H and O–H groups in total. The number of rotatable bonds is 11. The van der Waals surface area contributed by atoms with Crippen molar-refractivity contribution in [2.75, 3.05) is 7.11 Å². The van der Waals surface area contributed by atoms with Crippen molar-refractivity contribution in [2.45, 2.75) is 112 Å². The first kappa shape index (κ1) is 25.5. The van der Waals surface area contributed by atoms with Crippen LogP contribution in [-0.2, 0) is 11.2 Å². The van der Waals surface area contributed by atoms with Crippen molar-refractivity contribution in [2.24, 2.45) is 5.92 Å². The van der Waals surface area contributed by atoms with Crippen LogP contribution in [0.25, 0.3) is 0 Å². The van der Waals surface area contributed by atoms with Gasteiger partial charge in [0.15, 0.2) is 0 Å². The Labute approximate surface area is 178 Å². The first-order valence-corrected chi connectivity index (χ1v) is 20.1. The van der Waals surface area contributed by atoms with E-state index >= 15 is 0 Å². The fraction of sp³-hybridized carbons (Fsp3) is 0.833. The zero-order valence-electron chi connectivity index (χ0n) is 19.3. The Balaban J connectivity index is 0.00000176. The molecule has 0 saturated carbocycles. The summed E-state index contributed by atoms with van der Waals surface area (Å²) in [4.78, 5) is 1.67. The molecule has 1 heterocycles. The van der Waals surface area contributed by atoms with Gasteiger partial charge in [-0.3, -0.25) is 0 Å². The molecule has 1 nitrogen and oxygen atoms in total. The number of methoxy groups -OCH3 is 1. The maximum absolute atomic E-state index is 5.93. The molecule has 2 rings (SSSR count). The molecule has 3 heteroatoms. The fourth-order valence-corrected chi connectivity index (χ4v) is 25.1. The quantitative estimate of drug-likeness (QED) is 0.279. The Hall–Kier alpha value is 0.459. The van der Waals surface area contributed by atoms with Gasteiger partial charge in [-0.1, -0.05) is 13.8 Å². The molecule has 1 aliphatic rings. The van der Waals surface area contributed by atoms with Crippen LogP contribution in [0.1, 0.15) is 103 Å². The van der Waals surface area contributed by atoms with Crippen molar-refractivity contribution in [3.63, 3.8) is 0 Å². The second kappa shape index (κ2) is 13.6. The zero-order chi connectivity index (χ0) is 20.3. The Kier molecular flexibility index (Phi) is 12.9. The molecule has 0 radical (unpaired) electrons. The van der Waals surface area contributed by atoms with Crippen molar-refractivity contribution in [1.82, 2.24) is 0 Å². The molecule has 1 aliphatic carbocycles. The second-order valence-electron chi connectivity index (χ2n) is 8.25. The summed E-state index contributed by atoms with van der Waals surface area (Å²) < 4.78 is 12.6. The molecule has 0 spiro atoms. The van der Waals surface area contributed by atoms with Crippen molar-refractivity contribution in [1.29, 1.82) is 0 Å². The van der Waals surface area contributed by atoms with E-state index in [1.165, 1.54) is 51.4 Å². The summed E-state index contributed by atoms with van der Waals surface area (Å²) in [6.45, 7) is 13.5. The molecule has 2 atom stereocenters. The summed E-state index contributed by atoms with van der Waals surface area (Å²) in [6, 6.07) is 2.67. The zero-order valence-corrected chi connectivity index (χ0v) is 23.0. The van der Waals surface area contributed by atoms with Crippen LogP contribution in [0.4, 0.5) is 0 Å². The van der Waals surface area contributed by atoms with Crippen LogP contribution in [0.15, 0.2) is 6.07 Å². The predicted octanol–water partition coefficient (Wildman–Crippen LogP) is 8.10. The van der Waals surface area contributed by atoms with E-state index in [1.807, 2.05) is 23.9 Å². The van der Waals surface area contributed by atoms with Crippen LogP contribution in [0.2, 0.25) is 13.3 Å². The van der Waals surface area contributed by atoms with E-state index in [0.29, 0.717) is 12.0 Å². The monoisotopic (exact) mass is 502 g/mol. The Morgan fingerprint density at radius 3 is 1.96 bits per heavy atom. The topological polar surface area (TPSA) is 9.23 Å². The summed E-state index contributed by atoms with van der Waals surface area (Å²) in [5, 5.41) is 0. The van der Waals surface area contributed by atoms with Gasteiger partial charge in [0, 0.05) is 0 Å². The normalized spacial score (nSPS) is 19.4. The van der Waals surface area contributed by atoms with Crippen LogP contribution in [-0.4, -0.2) is 25.5 Å². The van der Waals surface area contributed by atoms with Gasteiger partial charge in [0.05, 0.1) is 0 Å². The number of hydrogen-bond donors (Lipinski definition) is 0. The Morgan fingerprint density at radius 2 is 1.52 bits per heavy atom. The van der Waals surface area contributed by atoms with Gasteiger partial charge in [-0.05, 0) is 0 Å². The molecule has 0 aliphatic heterocycles. The number of aryl methyl sites for hydroxylation is 1. The van der Waals surface area contributed by atoms with Gasteiger partial charge in [-0.25, -0.2) is 0 Å². The van der Waals surface area contributed by atoms with E-state index in [2.05, 4.69) is 45.1 Å². The molecule has 0 saturated heterocycles. The van der Waals surface area contributed by atoms with E-state index in [4.69, 9.17) is 4.74 Å². The van der Waals surface area contributed by atoms with Crippen LogP contribution >= 0.6 is 11.3 Å². The first-order valence-electron chi connectivity index (χ1n) is 11.8. The summed E-state index contributed by atoms with van der Waals surface area (Å²) in [5.41, 5.74) is 1.58. The average Bonchev–Trinajstić information content (AvgIpc) is 3.14. The minimum atomic E-state index is -2.26. The predicted molar refractivity (Wildman–Crippen MR) is 127 cm³/mol. The maximum atomic E-state index is 5.93. The third-order valence-corrected chi connectivity index (χ3v) is 25.7. The standard InChI is InChI=1S/C10H13OS.3C4H9.C2H6.Sn/c1-7-3-4-9-8(5-6-12-9)10(7)11-2;3*1-3-4-2;1-2;/h5,7,10H,3-4H2,1-2H3;3*1,3-4H2,2H3;1-2H3;. The molecule has 27 heavy (non-hydrogen) atoms. The third-order valence-electron chi connectivity index (χ3n) is 6.30. The minimum absolute atomic E-state index is 0.348. The van der Waals surface area contributed by atoms with Gasteiger partial charge in [-0.2, -0.15) is 0 Å². The van der Waals surface area contributed by atoms with Crippen molar-refractivity contribution in [3.8, 4) is 0 Å². The van der Waals surface area contributed by atoms with E-state index < -0.39 is 18.4 Å². The SMILES string of the molecule is CC.CCC[CH2][Sn]([CH2]CCC)([CH2]CCC)[c]1cc2c(s1)CCC(C)C2OC.